The number of nitrogens with zero attached hydrogens (tertiary/aromatic N) is 1. The Labute approximate surface area is 121 Å². The molecule has 0 aliphatic carbocycles. The summed E-state index contributed by atoms with van der Waals surface area (Å²) >= 11 is 3.10. The monoisotopic (exact) mass is 337 g/mol. The lowest BCUT2D eigenvalue weighted by Gasteiger charge is -2.08. The fourth-order valence-electron chi connectivity index (χ4n) is 1.54. The minimum absolute atomic E-state index is 0.0732. The van der Waals surface area contributed by atoms with E-state index in [9.17, 15) is 14.9 Å². The third kappa shape index (κ3) is 2.94. The third-order valence-electron chi connectivity index (χ3n) is 2.45. The molecule has 0 unspecified atom stereocenters. The highest BCUT2D eigenvalue weighted by Gasteiger charge is 2.16. The first-order valence-corrected chi connectivity index (χ1v) is 6.22. The highest BCUT2D eigenvalue weighted by atomic mass is 79.9. The number of hydrogen-bond donors (Lipinski definition) is 1. The molecule has 6 nitrogen and oxygen atoms in total. The number of rotatable bonds is 4. The van der Waals surface area contributed by atoms with Crippen LogP contribution in [0.1, 0.15) is 10.4 Å². The zero-order valence-electron chi connectivity index (χ0n) is 9.95. The van der Waals surface area contributed by atoms with Gasteiger partial charge in [0.15, 0.2) is 0 Å². The van der Waals surface area contributed by atoms with Gasteiger partial charge in [0, 0.05) is 6.07 Å². The molecule has 0 aliphatic heterocycles. The molecule has 0 radical (unpaired) electrons. The minimum atomic E-state index is -1.08. The Morgan fingerprint density at radius 2 is 1.95 bits per heavy atom. The fourth-order valence-corrected chi connectivity index (χ4v) is 2.03. The average molecular weight is 338 g/mol. The van der Waals surface area contributed by atoms with E-state index in [-0.39, 0.29) is 27.2 Å². The van der Waals surface area contributed by atoms with E-state index in [1.165, 1.54) is 30.3 Å². The smallest absolute Gasteiger partial charge is 0.335 e. The summed E-state index contributed by atoms with van der Waals surface area (Å²) in [6.07, 6.45) is 0. The molecule has 0 amide bonds. The molecular formula is C13H8BrNO5. The highest BCUT2D eigenvalue weighted by molar-refractivity contribution is 9.10. The van der Waals surface area contributed by atoms with Gasteiger partial charge in [-0.25, -0.2) is 4.79 Å². The maximum atomic E-state index is 10.9. The number of aromatic carboxylic acids is 1. The second kappa shape index (κ2) is 5.70. The Kier molecular flexibility index (Phi) is 3.99. The summed E-state index contributed by atoms with van der Waals surface area (Å²) in [5.41, 5.74) is -0.0547. The largest absolute Gasteiger partial charge is 0.478 e. The van der Waals surface area contributed by atoms with Crippen molar-refractivity contribution in [2.24, 2.45) is 0 Å². The number of benzene rings is 2. The molecule has 0 aromatic heterocycles. The van der Waals surface area contributed by atoms with Crippen LogP contribution in [0.15, 0.2) is 46.9 Å². The van der Waals surface area contributed by atoms with Crippen LogP contribution in [0.4, 0.5) is 5.69 Å². The van der Waals surface area contributed by atoms with Gasteiger partial charge < -0.3 is 9.84 Å². The number of halogens is 1. The van der Waals surface area contributed by atoms with Crippen LogP contribution in [0, 0.1) is 10.1 Å². The van der Waals surface area contributed by atoms with Gasteiger partial charge in [0.05, 0.1) is 10.5 Å². The molecule has 2 rings (SSSR count). The molecule has 2 aromatic rings. The van der Waals surface area contributed by atoms with E-state index in [4.69, 9.17) is 9.84 Å². The SMILES string of the molecule is O=C(O)c1cccc(Oc2cccc([N+](=O)[O-])c2Br)c1. The van der Waals surface area contributed by atoms with E-state index in [2.05, 4.69) is 15.9 Å². The van der Waals surface area contributed by atoms with Gasteiger partial charge in [-0.05, 0) is 40.2 Å². The minimum Gasteiger partial charge on any atom is -0.478 e. The summed E-state index contributed by atoms with van der Waals surface area (Å²) in [6.45, 7) is 0. The van der Waals surface area contributed by atoms with Crippen molar-refractivity contribution in [1.82, 2.24) is 0 Å². The highest BCUT2D eigenvalue weighted by Crippen LogP contribution is 2.36. The average Bonchev–Trinajstić information content (AvgIpc) is 2.41. The number of nitro groups is 1. The van der Waals surface area contributed by atoms with Gasteiger partial charge in [0.25, 0.3) is 5.69 Å². The van der Waals surface area contributed by atoms with Gasteiger partial charge in [-0.1, -0.05) is 12.1 Å². The van der Waals surface area contributed by atoms with Crippen LogP contribution < -0.4 is 4.74 Å². The molecule has 0 saturated carbocycles. The number of carbonyl (C=O) groups is 1. The molecular weight excluding hydrogens is 330 g/mol. The van der Waals surface area contributed by atoms with Gasteiger partial charge in [-0.15, -0.1) is 0 Å². The van der Waals surface area contributed by atoms with Gasteiger partial charge >= 0.3 is 5.97 Å². The van der Waals surface area contributed by atoms with E-state index in [0.29, 0.717) is 0 Å². The summed E-state index contributed by atoms with van der Waals surface area (Å²) in [5.74, 6) is -0.554. The van der Waals surface area contributed by atoms with Gasteiger partial charge in [-0.3, -0.25) is 10.1 Å². The molecule has 20 heavy (non-hydrogen) atoms. The number of carboxylic acids is 1. The lowest BCUT2D eigenvalue weighted by Crippen LogP contribution is -1.96. The maximum Gasteiger partial charge on any atom is 0.335 e. The van der Waals surface area contributed by atoms with Crippen LogP contribution >= 0.6 is 15.9 Å². The molecule has 7 heteroatoms. The van der Waals surface area contributed by atoms with Crippen molar-refractivity contribution < 1.29 is 19.6 Å². The Morgan fingerprint density at radius 1 is 1.25 bits per heavy atom. The van der Waals surface area contributed by atoms with Crippen molar-refractivity contribution in [1.29, 1.82) is 0 Å². The summed E-state index contributed by atoms with van der Waals surface area (Å²) in [4.78, 5) is 21.1. The number of carboxylic acid groups (broad SMARTS) is 1. The van der Waals surface area contributed by atoms with E-state index >= 15 is 0 Å². The zero-order chi connectivity index (χ0) is 14.7. The van der Waals surface area contributed by atoms with Gasteiger partial charge in [-0.2, -0.15) is 0 Å². The van der Waals surface area contributed by atoms with Crippen LogP contribution in [0.3, 0.4) is 0 Å². The molecule has 0 atom stereocenters. The van der Waals surface area contributed by atoms with E-state index in [1.54, 1.807) is 12.1 Å². The van der Waals surface area contributed by atoms with Crippen molar-refractivity contribution >= 4 is 27.6 Å². The van der Waals surface area contributed by atoms with Gasteiger partial charge in [0.2, 0.25) is 0 Å². The summed E-state index contributed by atoms with van der Waals surface area (Å²) in [6, 6.07) is 10.2. The molecule has 0 saturated heterocycles. The first-order valence-electron chi connectivity index (χ1n) is 5.43. The number of ether oxygens (including phenoxy) is 1. The Hall–Kier alpha value is -2.41. The maximum absolute atomic E-state index is 10.9. The van der Waals surface area contributed by atoms with Crippen molar-refractivity contribution in [2.45, 2.75) is 0 Å². The molecule has 0 spiro atoms. The van der Waals surface area contributed by atoms with E-state index < -0.39 is 10.9 Å². The number of hydrogen-bond acceptors (Lipinski definition) is 4. The van der Waals surface area contributed by atoms with Crippen LogP contribution in [0.25, 0.3) is 0 Å². The fraction of sp³-hybridized carbons (Fsp3) is 0. The first-order chi connectivity index (χ1) is 9.49. The van der Waals surface area contributed by atoms with Crippen LogP contribution in [0.5, 0.6) is 11.5 Å². The molecule has 0 heterocycles. The lowest BCUT2D eigenvalue weighted by molar-refractivity contribution is -0.385. The lowest BCUT2D eigenvalue weighted by atomic mass is 10.2. The second-order valence-electron chi connectivity index (χ2n) is 3.78. The zero-order valence-corrected chi connectivity index (χ0v) is 11.5. The predicted molar refractivity (Wildman–Crippen MR) is 74.3 cm³/mol. The van der Waals surface area contributed by atoms with Crippen molar-refractivity contribution in [2.75, 3.05) is 0 Å². The van der Waals surface area contributed by atoms with Crippen LogP contribution in [-0.2, 0) is 0 Å². The van der Waals surface area contributed by atoms with Crippen molar-refractivity contribution in [3.63, 3.8) is 0 Å². The molecule has 2 aromatic carbocycles. The topological polar surface area (TPSA) is 89.7 Å². The van der Waals surface area contributed by atoms with Crippen LogP contribution in [-0.4, -0.2) is 16.0 Å². The van der Waals surface area contributed by atoms with Crippen molar-refractivity contribution in [3.8, 4) is 11.5 Å². The third-order valence-corrected chi connectivity index (χ3v) is 3.25. The Bertz CT molecular complexity index is 686. The van der Waals surface area contributed by atoms with E-state index in [0.717, 1.165) is 0 Å². The normalized spacial score (nSPS) is 10.1. The predicted octanol–water partition coefficient (Wildman–Crippen LogP) is 3.85. The quantitative estimate of drug-likeness (QED) is 0.676. The summed E-state index contributed by atoms with van der Waals surface area (Å²) < 4.78 is 5.68. The number of nitro benzene ring substituents is 1. The van der Waals surface area contributed by atoms with E-state index in [1.807, 2.05) is 0 Å². The molecule has 0 bridgehead atoms. The summed E-state index contributed by atoms with van der Waals surface area (Å²) in [7, 11) is 0. The first kappa shape index (κ1) is 14.0. The summed E-state index contributed by atoms with van der Waals surface area (Å²) in [5, 5.41) is 19.7. The second-order valence-corrected chi connectivity index (χ2v) is 4.57. The standard InChI is InChI=1S/C13H8BrNO5/c14-12-10(15(18)19)5-2-6-11(12)20-9-4-1-3-8(7-9)13(16)17/h1-7H,(H,16,17). The molecule has 0 aliphatic rings. The molecule has 0 fully saturated rings. The van der Waals surface area contributed by atoms with Crippen molar-refractivity contribution in [3.05, 3.63) is 62.6 Å². The molecule has 1 N–H and O–H groups in total. The van der Waals surface area contributed by atoms with Crippen LogP contribution in [0.2, 0.25) is 0 Å². The Morgan fingerprint density at radius 3 is 2.60 bits per heavy atom. The molecule has 102 valence electrons. The Balaban J connectivity index is 2.35. The van der Waals surface area contributed by atoms with Gasteiger partial charge in [0.1, 0.15) is 16.0 Å².